The van der Waals surface area contributed by atoms with Crippen LogP contribution in [-0.2, 0) is 6.18 Å². The molecule has 3 aromatic heterocycles. The van der Waals surface area contributed by atoms with Crippen LogP contribution < -0.4 is 37.4 Å². The van der Waals surface area contributed by atoms with Crippen molar-refractivity contribution in [1.29, 1.82) is 0 Å². The summed E-state index contributed by atoms with van der Waals surface area (Å²) in [5.74, 6) is 0. The maximum absolute atomic E-state index is 14.5. The number of nitrogens with zero attached hydrogens (tertiary/aromatic N) is 4. The number of hydrogen-bond donors (Lipinski definition) is 4. The Bertz CT molecular complexity index is 2080. The van der Waals surface area contributed by atoms with E-state index in [1.807, 2.05) is 36.1 Å². The molecule has 4 aromatic rings. The fraction of sp³-hybridized carbons (Fsp3) is 0.233. The van der Waals surface area contributed by atoms with E-state index in [-0.39, 0.29) is 21.9 Å². The Hall–Kier alpha value is -5.04. The van der Waals surface area contributed by atoms with Crippen LogP contribution >= 0.6 is 0 Å². The second-order valence-corrected chi connectivity index (χ2v) is 10.5. The summed E-state index contributed by atoms with van der Waals surface area (Å²) < 4.78 is 44.5. The number of likely N-dealkylation sites (N-methyl/N-ethyl adjacent to an activating group) is 1. The predicted molar refractivity (Wildman–Crippen MR) is 158 cm³/mol. The van der Waals surface area contributed by atoms with E-state index in [1.54, 1.807) is 23.5 Å². The zero-order chi connectivity index (χ0) is 29.9. The molecule has 13 heteroatoms. The van der Waals surface area contributed by atoms with Gasteiger partial charge in [0.25, 0.3) is 5.56 Å². The molecule has 0 aliphatic carbocycles. The van der Waals surface area contributed by atoms with E-state index in [4.69, 9.17) is 0 Å². The molecule has 1 saturated heterocycles. The van der Waals surface area contributed by atoms with Crippen LogP contribution in [0.3, 0.4) is 0 Å². The third kappa shape index (κ3) is 4.52. The van der Waals surface area contributed by atoms with E-state index in [1.165, 1.54) is 12.1 Å². The maximum Gasteiger partial charge on any atom is 0.418 e. The molecule has 6 heterocycles. The van der Waals surface area contributed by atoms with Crippen molar-refractivity contribution in [2.24, 2.45) is 0 Å². The minimum atomic E-state index is -4.67. The van der Waals surface area contributed by atoms with Crippen molar-refractivity contribution in [2.75, 3.05) is 37.6 Å². The molecule has 4 N–H and O–H groups in total. The molecule has 3 aliphatic heterocycles. The van der Waals surface area contributed by atoms with Gasteiger partial charge in [-0.05, 0) is 49.4 Å². The minimum Gasteiger partial charge on any atom is -0.368 e. The lowest BCUT2D eigenvalue weighted by Gasteiger charge is -2.32. The first-order valence-electron chi connectivity index (χ1n) is 13.9. The van der Waals surface area contributed by atoms with Gasteiger partial charge in [0.15, 0.2) is 0 Å². The summed E-state index contributed by atoms with van der Waals surface area (Å²) in [7, 11) is 0. The normalized spacial score (nSPS) is 16.7. The minimum absolute atomic E-state index is 0.0118. The van der Waals surface area contributed by atoms with Crippen LogP contribution in [0.1, 0.15) is 18.1 Å². The first-order chi connectivity index (χ1) is 20.7. The number of halogens is 3. The molecule has 0 saturated carbocycles. The average Bonchev–Trinajstić information content (AvgIpc) is 3.48. The summed E-state index contributed by atoms with van der Waals surface area (Å²) in [4.78, 5) is 40.0. The zero-order valence-corrected chi connectivity index (χ0v) is 23.0. The number of H-pyrrole nitrogens is 2. The van der Waals surface area contributed by atoms with Crippen LogP contribution in [-0.4, -0.2) is 57.1 Å². The number of aromatic amines is 2. The molecule has 3 aliphatic rings. The van der Waals surface area contributed by atoms with Gasteiger partial charge in [-0.3, -0.25) is 14.3 Å². The fourth-order valence-electron chi connectivity index (χ4n) is 5.88. The van der Waals surface area contributed by atoms with E-state index in [9.17, 15) is 22.8 Å². The number of anilines is 1. The Kier molecular flexibility index (Phi) is 6.27. The topological polar surface area (TPSA) is 114 Å². The van der Waals surface area contributed by atoms with Crippen molar-refractivity contribution in [3.8, 4) is 5.69 Å². The molecule has 220 valence electrons. The van der Waals surface area contributed by atoms with Crippen molar-refractivity contribution < 1.29 is 13.2 Å². The number of dihydropyridines is 1. The summed E-state index contributed by atoms with van der Waals surface area (Å²) in [5, 5.41) is 7.74. The molecule has 1 fully saturated rings. The number of pyridine rings is 1. The predicted octanol–water partition coefficient (Wildman–Crippen LogP) is 1.54. The van der Waals surface area contributed by atoms with Crippen LogP contribution in [0.25, 0.3) is 34.3 Å². The van der Waals surface area contributed by atoms with Crippen LogP contribution in [0, 0.1) is 0 Å². The van der Waals surface area contributed by atoms with Gasteiger partial charge in [-0.15, -0.1) is 0 Å². The van der Waals surface area contributed by atoms with Gasteiger partial charge in [0, 0.05) is 73.7 Å². The van der Waals surface area contributed by atoms with Gasteiger partial charge >= 0.3 is 11.9 Å². The molecule has 0 spiro atoms. The lowest BCUT2D eigenvalue weighted by molar-refractivity contribution is -0.137. The number of aromatic nitrogens is 4. The number of nitrogens with one attached hydrogen (secondary N) is 4. The van der Waals surface area contributed by atoms with Crippen LogP contribution in [0.4, 0.5) is 18.9 Å². The molecule has 0 radical (unpaired) electrons. The quantitative estimate of drug-likeness (QED) is 0.286. The molecular formula is C30H27F3N8O2. The van der Waals surface area contributed by atoms with Gasteiger partial charge in [-0.25, -0.2) is 9.78 Å². The molecule has 1 aromatic carbocycles. The summed E-state index contributed by atoms with van der Waals surface area (Å²) in [6.45, 7) is 4.40. The molecule has 0 unspecified atom stereocenters. The smallest absolute Gasteiger partial charge is 0.368 e. The molecular weight excluding hydrogens is 561 g/mol. The van der Waals surface area contributed by atoms with Gasteiger partial charge in [0.2, 0.25) is 0 Å². The number of allylic oxidation sites excluding steroid dienone is 2. The van der Waals surface area contributed by atoms with Crippen LogP contribution in [0.15, 0.2) is 70.2 Å². The summed E-state index contributed by atoms with van der Waals surface area (Å²) in [5.41, 5.74) is 0.942. The molecule has 43 heavy (non-hydrogen) atoms. The largest absolute Gasteiger partial charge is 0.418 e. The van der Waals surface area contributed by atoms with Gasteiger partial charge < -0.3 is 25.4 Å². The monoisotopic (exact) mass is 588 g/mol. The van der Waals surface area contributed by atoms with Gasteiger partial charge in [0.05, 0.1) is 33.2 Å². The third-order valence-corrected chi connectivity index (χ3v) is 7.95. The Morgan fingerprint density at radius 3 is 2.63 bits per heavy atom. The maximum atomic E-state index is 14.5. The lowest BCUT2D eigenvalue weighted by Crippen LogP contribution is -2.58. The van der Waals surface area contributed by atoms with E-state index < -0.39 is 23.0 Å². The SMILES string of the molecule is CCN1C=c2c(=O)[nH]c(=O)n(-c3ccc(N4CCNCC4)c(C(F)(F)F)c3)c2=C2NC(c3cnc4[nH]ccc4c3)=CC=C21. The lowest BCUT2D eigenvalue weighted by atomic mass is 10.0. The third-order valence-electron chi connectivity index (χ3n) is 7.95. The highest BCUT2D eigenvalue weighted by Crippen LogP contribution is 2.38. The molecule has 10 nitrogen and oxygen atoms in total. The molecule has 0 bridgehead atoms. The highest BCUT2D eigenvalue weighted by Gasteiger charge is 2.36. The standard InChI is InChI=1S/C30H27F3N8O2/c1-2-39-16-20-26(25-24(39)6-4-22(37-25)18-13-17-7-8-35-27(17)36-15-18)41(29(43)38-28(20)42)19-3-5-23(21(14-19)30(31,32)33)40-11-9-34-10-12-40/h3-8,13-16,34,37H,2,9-12H2,1H3,(H,35,36)(H,38,42,43). The second-order valence-electron chi connectivity index (χ2n) is 10.5. The first kappa shape index (κ1) is 26.8. The summed E-state index contributed by atoms with van der Waals surface area (Å²) in [6, 6.07) is 7.71. The molecule has 0 atom stereocenters. The number of hydrogen-bond acceptors (Lipinski definition) is 7. The van der Waals surface area contributed by atoms with Crippen molar-refractivity contribution >= 4 is 34.3 Å². The molecule has 7 rings (SSSR count). The highest BCUT2D eigenvalue weighted by atomic mass is 19.4. The van der Waals surface area contributed by atoms with E-state index in [0.29, 0.717) is 49.8 Å². The van der Waals surface area contributed by atoms with Crippen LogP contribution in [0.5, 0.6) is 0 Å². The number of piperazine rings is 1. The van der Waals surface area contributed by atoms with Crippen molar-refractivity contribution in [3.05, 3.63) is 103 Å². The average molecular weight is 589 g/mol. The van der Waals surface area contributed by atoms with Gasteiger partial charge in [-0.1, -0.05) is 0 Å². The first-order valence-corrected chi connectivity index (χ1v) is 13.9. The Morgan fingerprint density at radius 1 is 1.05 bits per heavy atom. The second kappa shape index (κ2) is 10.1. The van der Waals surface area contributed by atoms with E-state index >= 15 is 0 Å². The van der Waals surface area contributed by atoms with Crippen molar-refractivity contribution in [1.82, 2.24) is 35.1 Å². The highest BCUT2D eigenvalue weighted by molar-refractivity contribution is 5.85. The van der Waals surface area contributed by atoms with Gasteiger partial charge in [0.1, 0.15) is 5.65 Å². The van der Waals surface area contributed by atoms with Crippen molar-refractivity contribution in [2.45, 2.75) is 13.1 Å². The van der Waals surface area contributed by atoms with E-state index in [0.717, 1.165) is 27.2 Å². The fourth-order valence-corrected chi connectivity index (χ4v) is 5.88. The Morgan fingerprint density at radius 2 is 1.86 bits per heavy atom. The zero-order valence-electron chi connectivity index (χ0n) is 23.0. The number of rotatable bonds is 4. The van der Waals surface area contributed by atoms with Crippen LogP contribution in [0.2, 0.25) is 0 Å². The van der Waals surface area contributed by atoms with E-state index in [2.05, 4.69) is 25.6 Å². The Labute approximate surface area is 242 Å². The number of fused-ring (bicyclic) bond motifs is 3. The number of alkyl halides is 3. The summed E-state index contributed by atoms with van der Waals surface area (Å²) in [6.07, 6.45) is 4.16. The van der Waals surface area contributed by atoms with Gasteiger partial charge in [-0.2, -0.15) is 13.2 Å². The number of benzene rings is 1. The Balaban J connectivity index is 1.46. The molecule has 0 amide bonds. The van der Waals surface area contributed by atoms with Crippen molar-refractivity contribution in [3.63, 3.8) is 0 Å². The summed E-state index contributed by atoms with van der Waals surface area (Å²) >= 11 is 0.